The van der Waals surface area contributed by atoms with Crippen LogP contribution in [0.25, 0.3) is 0 Å². The number of amides is 1. The lowest BCUT2D eigenvalue weighted by molar-refractivity contribution is -0.908. The minimum Gasteiger partial charge on any atom is -0.370 e. The Bertz CT molecular complexity index is 959. The molecule has 1 aromatic carbocycles. The van der Waals surface area contributed by atoms with E-state index in [1.54, 1.807) is 23.1 Å². The van der Waals surface area contributed by atoms with E-state index in [0.29, 0.717) is 5.56 Å². The molecule has 0 spiro atoms. The fourth-order valence-electron chi connectivity index (χ4n) is 3.73. The third kappa shape index (κ3) is 5.26. The second kappa shape index (κ2) is 9.11. The fourth-order valence-corrected chi connectivity index (χ4v) is 4.69. The molecule has 2 heterocycles. The van der Waals surface area contributed by atoms with Gasteiger partial charge in [0.1, 0.15) is 13.1 Å². The fraction of sp³-hybridized carbons (Fsp3) is 0.476. The normalized spacial score (nSPS) is 15.4. The number of carbonyl (C=O) groups excluding carboxylic acids is 1. The zero-order chi connectivity index (χ0) is 21.0. The molecule has 7 nitrogen and oxygen atoms in total. The average molecular weight is 421 g/mol. The van der Waals surface area contributed by atoms with Gasteiger partial charge in [0.15, 0.2) is 0 Å². The van der Waals surface area contributed by atoms with E-state index in [4.69, 9.17) is 4.74 Å². The van der Waals surface area contributed by atoms with Crippen LogP contribution in [0, 0.1) is 20.8 Å². The number of quaternary nitrogens is 1. The van der Waals surface area contributed by atoms with Crippen LogP contribution in [-0.2, 0) is 21.3 Å². The summed E-state index contributed by atoms with van der Waals surface area (Å²) in [5.41, 5.74) is 3.10. The molecule has 1 aliphatic heterocycles. The number of sulfonamides is 1. The van der Waals surface area contributed by atoms with Crippen LogP contribution >= 0.6 is 0 Å². The molecule has 158 valence electrons. The van der Waals surface area contributed by atoms with Crippen molar-refractivity contribution in [1.29, 1.82) is 0 Å². The van der Waals surface area contributed by atoms with Gasteiger partial charge >= 0.3 is 0 Å². The van der Waals surface area contributed by atoms with Crippen LogP contribution in [0.2, 0.25) is 0 Å². The summed E-state index contributed by atoms with van der Waals surface area (Å²) in [5.74, 6) is -0.594. The van der Waals surface area contributed by atoms with Crippen molar-refractivity contribution in [1.82, 2.24) is 9.29 Å². The van der Waals surface area contributed by atoms with Crippen LogP contribution in [0.15, 0.2) is 35.2 Å². The van der Waals surface area contributed by atoms with Gasteiger partial charge in [-0.2, -0.15) is 0 Å². The third-order valence-corrected chi connectivity index (χ3v) is 6.84. The van der Waals surface area contributed by atoms with Gasteiger partial charge in [0.25, 0.3) is 15.9 Å². The van der Waals surface area contributed by atoms with Gasteiger partial charge in [0.2, 0.25) is 0 Å². The number of ether oxygens (including phenoxy) is 1. The zero-order valence-corrected chi connectivity index (χ0v) is 18.1. The number of carbonyl (C=O) groups is 1. The maximum Gasteiger partial charge on any atom is 0.266 e. The SMILES string of the molecule is Cc1ccc(S(=O)(=O)NC(=O)c2cc(C)n(CCC[NH+]3CCOCC3)c2C)cc1. The van der Waals surface area contributed by atoms with Crippen LogP contribution in [0.3, 0.4) is 0 Å². The van der Waals surface area contributed by atoms with Gasteiger partial charge in [0, 0.05) is 24.4 Å². The van der Waals surface area contributed by atoms with E-state index in [1.807, 2.05) is 20.8 Å². The number of nitrogens with one attached hydrogen (secondary N) is 2. The molecule has 0 atom stereocenters. The Kier molecular flexibility index (Phi) is 6.77. The first-order valence-corrected chi connectivity index (χ1v) is 11.5. The molecule has 0 saturated carbocycles. The topological polar surface area (TPSA) is 81.8 Å². The number of rotatable bonds is 7. The number of aryl methyl sites for hydroxylation is 2. The van der Waals surface area contributed by atoms with E-state index < -0.39 is 15.9 Å². The average Bonchev–Trinajstić information content (AvgIpc) is 2.97. The number of aromatic nitrogens is 1. The molecule has 1 amide bonds. The molecular weight excluding hydrogens is 390 g/mol. The Hall–Kier alpha value is -2.16. The van der Waals surface area contributed by atoms with Crippen LogP contribution in [0.1, 0.15) is 33.7 Å². The summed E-state index contributed by atoms with van der Waals surface area (Å²) in [7, 11) is -3.90. The van der Waals surface area contributed by atoms with Gasteiger partial charge in [0.05, 0.1) is 30.2 Å². The molecule has 0 aliphatic carbocycles. The van der Waals surface area contributed by atoms with E-state index >= 15 is 0 Å². The molecule has 1 aromatic heterocycles. The zero-order valence-electron chi connectivity index (χ0n) is 17.3. The minimum absolute atomic E-state index is 0.0822. The smallest absolute Gasteiger partial charge is 0.266 e. The molecule has 8 heteroatoms. The number of nitrogens with zero attached hydrogens (tertiary/aromatic N) is 1. The maximum absolute atomic E-state index is 12.7. The number of morpholine rings is 1. The molecular formula is C21H30N3O4S+. The summed E-state index contributed by atoms with van der Waals surface area (Å²) in [6, 6.07) is 8.18. The van der Waals surface area contributed by atoms with Gasteiger partial charge in [-0.3, -0.25) is 4.79 Å². The summed E-state index contributed by atoms with van der Waals surface area (Å²) in [6.07, 6.45) is 0.994. The van der Waals surface area contributed by atoms with Crippen molar-refractivity contribution < 1.29 is 22.8 Å². The summed E-state index contributed by atoms with van der Waals surface area (Å²) < 4.78 is 34.7. The predicted octanol–water partition coefficient (Wildman–Crippen LogP) is 0.837. The summed E-state index contributed by atoms with van der Waals surface area (Å²) in [4.78, 5) is 14.3. The molecule has 3 rings (SSSR count). The van der Waals surface area contributed by atoms with Crippen molar-refractivity contribution in [2.75, 3.05) is 32.8 Å². The Morgan fingerprint density at radius 2 is 1.79 bits per heavy atom. The van der Waals surface area contributed by atoms with Crippen molar-refractivity contribution in [2.24, 2.45) is 0 Å². The number of hydrogen-bond donors (Lipinski definition) is 2. The first-order chi connectivity index (χ1) is 13.8. The van der Waals surface area contributed by atoms with E-state index in [-0.39, 0.29) is 4.90 Å². The highest BCUT2D eigenvalue weighted by Gasteiger charge is 2.22. The van der Waals surface area contributed by atoms with E-state index in [0.717, 1.165) is 62.8 Å². The molecule has 29 heavy (non-hydrogen) atoms. The summed E-state index contributed by atoms with van der Waals surface area (Å²) in [5, 5.41) is 0. The molecule has 1 aliphatic rings. The van der Waals surface area contributed by atoms with Crippen LogP contribution in [0.4, 0.5) is 0 Å². The largest absolute Gasteiger partial charge is 0.370 e. The van der Waals surface area contributed by atoms with Gasteiger partial charge in [-0.05, 0) is 39.0 Å². The number of hydrogen-bond acceptors (Lipinski definition) is 4. The lowest BCUT2D eigenvalue weighted by Gasteiger charge is -2.24. The Morgan fingerprint density at radius 1 is 1.14 bits per heavy atom. The highest BCUT2D eigenvalue weighted by atomic mass is 32.2. The van der Waals surface area contributed by atoms with Crippen molar-refractivity contribution >= 4 is 15.9 Å². The highest BCUT2D eigenvalue weighted by Crippen LogP contribution is 2.17. The van der Waals surface area contributed by atoms with Gasteiger partial charge in [-0.25, -0.2) is 13.1 Å². The quantitative estimate of drug-likeness (QED) is 0.696. The molecule has 2 aromatic rings. The third-order valence-electron chi connectivity index (χ3n) is 5.49. The second-order valence-electron chi connectivity index (χ2n) is 7.65. The Balaban J connectivity index is 1.66. The molecule has 1 saturated heterocycles. The molecule has 0 radical (unpaired) electrons. The first kappa shape index (κ1) is 21.5. The van der Waals surface area contributed by atoms with E-state index in [1.165, 1.54) is 12.1 Å². The number of benzene rings is 1. The molecule has 2 N–H and O–H groups in total. The van der Waals surface area contributed by atoms with Crippen molar-refractivity contribution in [2.45, 2.75) is 38.6 Å². The monoisotopic (exact) mass is 420 g/mol. The summed E-state index contributed by atoms with van der Waals surface area (Å²) in [6.45, 7) is 11.3. The molecule has 0 bridgehead atoms. The molecule has 1 fully saturated rings. The van der Waals surface area contributed by atoms with Crippen molar-refractivity contribution in [3.05, 3.63) is 52.8 Å². The van der Waals surface area contributed by atoms with Crippen LogP contribution in [0.5, 0.6) is 0 Å². The van der Waals surface area contributed by atoms with Crippen LogP contribution in [-0.4, -0.2) is 51.7 Å². The second-order valence-corrected chi connectivity index (χ2v) is 9.33. The Morgan fingerprint density at radius 3 is 2.45 bits per heavy atom. The van der Waals surface area contributed by atoms with Gasteiger partial charge in [-0.1, -0.05) is 17.7 Å². The van der Waals surface area contributed by atoms with Crippen molar-refractivity contribution in [3.63, 3.8) is 0 Å². The summed E-state index contributed by atoms with van der Waals surface area (Å²) >= 11 is 0. The predicted molar refractivity (Wildman–Crippen MR) is 111 cm³/mol. The van der Waals surface area contributed by atoms with Gasteiger partial charge < -0.3 is 14.2 Å². The van der Waals surface area contributed by atoms with Crippen molar-refractivity contribution in [3.8, 4) is 0 Å². The lowest BCUT2D eigenvalue weighted by Crippen LogP contribution is -3.14. The maximum atomic E-state index is 12.7. The standard InChI is InChI=1S/C21H29N3O4S/c1-16-5-7-19(8-6-16)29(26,27)22-21(25)20-15-17(2)24(18(20)3)10-4-9-23-11-13-28-14-12-23/h5-8,15H,4,9-14H2,1-3H3,(H,22,25)/p+1. The Labute approximate surface area is 172 Å². The minimum atomic E-state index is -3.90. The van der Waals surface area contributed by atoms with E-state index in [2.05, 4.69) is 9.29 Å². The van der Waals surface area contributed by atoms with Crippen LogP contribution < -0.4 is 9.62 Å². The molecule has 0 unspecified atom stereocenters. The first-order valence-electron chi connectivity index (χ1n) is 10.00. The van der Waals surface area contributed by atoms with Gasteiger partial charge in [-0.15, -0.1) is 0 Å². The highest BCUT2D eigenvalue weighted by molar-refractivity contribution is 7.90. The lowest BCUT2D eigenvalue weighted by atomic mass is 10.2. The van der Waals surface area contributed by atoms with E-state index in [9.17, 15) is 13.2 Å².